The Morgan fingerprint density at radius 3 is 2.64 bits per heavy atom. The van der Waals surface area contributed by atoms with Gasteiger partial charge < -0.3 is 10.6 Å². The molecule has 6 nitrogen and oxygen atoms in total. The minimum Gasteiger partial charge on any atom is -0.348 e. The van der Waals surface area contributed by atoms with E-state index >= 15 is 0 Å². The Morgan fingerprint density at radius 1 is 1.32 bits per heavy atom. The third-order valence-corrected chi connectivity index (χ3v) is 3.66. The number of imide groups is 1. The zero-order valence-corrected chi connectivity index (χ0v) is 12.8. The average molecular weight is 303 g/mol. The smallest absolute Gasteiger partial charge is 0.325 e. The standard InChI is InChI=1S/C16H21N3O3/c1-3-7-13-15(21)19(16(22)18-13)10-14(20)17-11(2)12-8-5-4-6-9-12/h4-6,8-9,11,13H,3,7,10H2,1-2H3,(H,17,20)(H,18,22). The maximum Gasteiger partial charge on any atom is 0.325 e. The van der Waals surface area contributed by atoms with Gasteiger partial charge in [0, 0.05) is 0 Å². The SMILES string of the molecule is CCCC1NC(=O)N(CC(=O)NC(C)c2ccccc2)C1=O. The number of hydrogen-bond acceptors (Lipinski definition) is 3. The van der Waals surface area contributed by atoms with E-state index < -0.39 is 12.1 Å². The highest BCUT2D eigenvalue weighted by atomic mass is 16.2. The van der Waals surface area contributed by atoms with Gasteiger partial charge >= 0.3 is 6.03 Å². The molecule has 1 fully saturated rings. The number of benzene rings is 1. The van der Waals surface area contributed by atoms with Crippen molar-refractivity contribution in [2.45, 2.75) is 38.8 Å². The van der Waals surface area contributed by atoms with Crippen molar-refractivity contribution in [1.29, 1.82) is 0 Å². The molecule has 4 amide bonds. The summed E-state index contributed by atoms with van der Waals surface area (Å²) in [5.41, 5.74) is 0.969. The zero-order valence-electron chi connectivity index (χ0n) is 12.8. The van der Waals surface area contributed by atoms with E-state index in [4.69, 9.17) is 0 Å². The molecule has 1 aliphatic rings. The molecular weight excluding hydrogens is 282 g/mol. The molecule has 2 rings (SSSR count). The molecule has 1 aromatic carbocycles. The minimum atomic E-state index is -0.503. The van der Waals surface area contributed by atoms with Gasteiger partial charge in [-0.1, -0.05) is 43.7 Å². The molecule has 1 heterocycles. The number of nitrogens with zero attached hydrogens (tertiary/aromatic N) is 1. The van der Waals surface area contributed by atoms with Crippen LogP contribution in [0.3, 0.4) is 0 Å². The summed E-state index contributed by atoms with van der Waals surface area (Å²) < 4.78 is 0. The number of amides is 4. The van der Waals surface area contributed by atoms with E-state index in [2.05, 4.69) is 10.6 Å². The van der Waals surface area contributed by atoms with E-state index in [0.717, 1.165) is 16.9 Å². The summed E-state index contributed by atoms with van der Waals surface area (Å²) in [6, 6.07) is 8.34. The van der Waals surface area contributed by atoms with Crippen LogP contribution in [0.5, 0.6) is 0 Å². The molecule has 0 aromatic heterocycles. The second kappa shape index (κ2) is 7.06. The van der Waals surface area contributed by atoms with Crippen LogP contribution in [0.25, 0.3) is 0 Å². The van der Waals surface area contributed by atoms with Crippen LogP contribution in [0.1, 0.15) is 38.3 Å². The van der Waals surface area contributed by atoms with Gasteiger partial charge in [-0.15, -0.1) is 0 Å². The fourth-order valence-corrected chi connectivity index (χ4v) is 2.47. The second-order valence-corrected chi connectivity index (χ2v) is 5.42. The summed E-state index contributed by atoms with van der Waals surface area (Å²) in [6.45, 7) is 3.55. The lowest BCUT2D eigenvalue weighted by molar-refractivity contribution is -0.132. The highest BCUT2D eigenvalue weighted by molar-refractivity contribution is 6.06. The molecule has 0 spiro atoms. The van der Waals surface area contributed by atoms with Gasteiger partial charge in [0.2, 0.25) is 5.91 Å². The molecule has 1 saturated heterocycles. The quantitative estimate of drug-likeness (QED) is 0.783. The van der Waals surface area contributed by atoms with Crippen molar-refractivity contribution < 1.29 is 14.4 Å². The van der Waals surface area contributed by atoms with Crippen LogP contribution in [0.15, 0.2) is 30.3 Å². The topological polar surface area (TPSA) is 78.5 Å². The van der Waals surface area contributed by atoms with Crippen LogP contribution in [0.4, 0.5) is 4.79 Å². The normalized spacial score (nSPS) is 19.0. The van der Waals surface area contributed by atoms with Crippen molar-refractivity contribution in [3.05, 3.63) is 35.9 Å². The molecule has 1 aliphatic heterocycles. The van der Waals surface area contributed by atoms with Crippen molar-refractivity contribution in [1.82, 2.24) is 15.5 Å². The largest absolute Gasteiger partial charge is 0.348 e. The van der Waals surface area contributed by atoms with Crippen LogP contribution in [-0.2, 0) is 9.59 Å². The van der Waals surface area contributed by atoms with Gasteiger partial charge in [-0.2, -0.15) is 0 Å². The summed E-state index contributed by atoms with van der Waals surface area (Å²) in [6.07, 6.45) is 1.38. The van der Waals surface area contributed by atoms with Crippen LogP contribution in [-0.4, -0.2) is 35.3 Å². The third kappa shape index (κ3) is 3.63. The maximum absolute atomic E-state index is 12.1. The highest BCUT2D eigenvalue weighted by Gasteiger charge is 2.38. The Kier molecular flexibility index (Phi) is 5.14. The average Bonchev–Trinajstić information content (AvgIpc) is 2.76. The van der Waals surface area contributed by atoms with Crippen LogP contribution in [0.2, 0.25) is 0 Å². The Labute approximate surface area is 129 Å². The fourth-order valence-electron chi connectivity index (χ4n) is 2.47. The van der Waals surface area contributed by atoms with Crippen LogP contribution in [0, 0.1) is 0 Å². The first-order chi connectivity index (χ1) is 10.5. The second-order valence-electron chi connectivity index (χ2n) is 5.42. The predicted molar refractivity (Wildman–Crippen MR) is 81.9 cm³/mol. The molecule has 6 heteroatoms. The number of nitrogens with one attached hydrogen (secondary N) is 2. The van der Waals surface area contributed by atoms with Crippen molar-refractivity contribution in [3.63, 3.8) is 0 Å². The van der Waals surface area contributed by atoms with Gasteiger partial charge in [-0.3, -0.25) is 14.5 Å². The van der Waals surface area contributed by atoms with Gasteiger partial charge in [0.05, 0.1) is 6.04 Å². The van der Waals surface area contributed by atoms with Gasteiger partial charge in [-0.05, 0) is 18.9 Å². The van der Waals surface area contributed by atoms with Crippen LogP contribution < -0.4 is 10.6 Å². The first-order valence-corrected chi connectivity index (χ1v) is 7.49. The molecule has 2 N–H and O–H groups in total. The van der Waals surface area contributed by atoms with Gasteiger partial charge in [0.15, 0.2) is 0 Å². The summed E-state index contributed by atoms with van der Waals surface area (Å²) in [5.74, 6) is -0.675. The number of hydrogen-bond donors (Lipinski definition) is 2. The molecule has 0 aliphatic carbocycles. The Morgan fingerprint density at radius 2 is 2.00 bits per heavy atom. The predicted octanol–water partition coefficient (Wildman–Crippen LogP) is 1.58. The lowest BCUT2D eigenvalue weighted by Crippen LogP contribution is -2.41. The number of rotatable bonds is 6. The molecule has 0 radical (unpaired) electrons. The molecular formula is C16H21N3O3. The molecule has 2 unspecified atom stereocenters. The maximum atomic E-state index is 12.1. The van der Waals surface area contributed by atoms with Crippen molar-refractivity contribution in [3.8, 4) is 0 Å². The Balaban J connectivity index is 1.92. The molecule has 2 atom stereocenters. The number of urea groups is 1. The summed E-state index contributed by atoms with van der Waals surface area (Å²) in [5, 5.41) is 5.40. The molecule has 0 saturated carbocycles. The molecule has 118 valence electrons. The van der Waals surface area contributed by atoms with E-state index in [1.165, 1.54) is 0 Å². The third-order valence-electron chi connectivity index (χ3n) is 3.66. The van der Waals surface area contributed by atoms with E-state index in [-0.39, 0.29) is 24.4 Å². The van der Waals surface area contributed by atoms with Crippen molar-refractivity contribution in [2.75, 3.05) is 6.54 Å². The summed E-state index contributed by atoms with van der Waals surface area (Å²) in [4.78, 5) is 36.9. The lowest BCUT2D eigenvalue weighted by Gasteiger charge is -2.17. The van der Waals surface area contributed by atoms with E-state index in [0.29, 0.717) is 6.42 Å². The first-order valence-electron chi connectivity index (χ1n) is 7.49. The fraction of sp³-hybridized carbons (Fsp3) is 0.438. The van der Waals surface area contributed by atoms with E-state index in [1.54, 1.807) is 0 Å². The van der Waals surface area contributed by atoms with Crippen molar-refractivity contribution >= 4 is 17.8 Å². The Bertz CT molecular complexity index is 559. The van der Waals surface area contributed by atoms with Crippen LogP contribution >= 0.6 is 0 Å². The number of carbonyl (C=O) groups excluding carboxylic acids is 3. The monoisotopic (exact) mass is 303 g/mol. The van der Waals surface area contributed by atoms with Gasteiger partial charge in [0.1, 0.15) is 12.6 Å². The van der Waals surface area contributed by atoms with Crippen molar-refractivity contribution in [2.24, 2.45) is 0 Å². The Hall–Kier alpha value is -2.37. The molecule has 1 aromatic rings. The summed E-state index contributed by atoms with van der Waals surface area (Å²) >= 11 is 0. The summed E-state index contributed by atoms with van der Waals surface area (Å²) in [7, 11) is 0. The zero-order chi connectivity index (χ0) is 16.1. The lowest BCUT2D eigenvalue weighted by atomic mass is 10.1. The highest BCUT2D eigenvalue weighted by Crippen LogP contribution is 2.13. The molecule has 0 bridgehead atoms. The van der Waals surface area contributed by atoms with E-state index in [9.17, 15) is 14.4 Å². The van der Waals surface area contributed by atoms with E-state index in [1.807, 2.05) is 44.2 Å². The number of carbonyl (C=O) groups is 3. The molecule has 22 heavy (non-hydrogen) atoms. The van der Waals surface area contributed by atoms with Gasteiger partial charge in [-0.25, -0.2) is 4.79 Å². The van der Waals surface area contributed by atoms with Gasteiger partial charge in [0.25, 0.3) is 5.91 Å². The minimum absolute atomic E-state index is 0.180. The first kappa shape index (κ1) is 16.0.